The van der Waals surface area contributed by atoms with Gasteiger partial charge in [-0.25, -0.2) is 4.79 Å². The SMILES string of the molecule is O=C(NC1=C(Cl)C(=O)c2ccccc2C1=O)OC1CCCCC1. The maximum Gasteiger partial charge on any atom is 0.412 e. The fourth-order valence-corrected chi connectivity index (χ4v) is 3.16. The van der Waals surface area contributed by atoms with Crippen molar-refractivity contribution in [3.63, 3.8) is 0 Å². The van der Waals surface area contributed by atoms with Crippen molar-refractivity contribution in [2.45, 2.75) is 38.2 Å². The summed E-state index contributed by atoms with van der Waals surface area (Å²) in [5, 5.41) is 2.07. The molecular formula is C17H16ClNO4. The minimum absolute atomic E-state index is 0.148. The first-order chi connectivity index (χ1) is 11.1. The minimum atomic E-state index is -0.745. The van der Waals surface area contributed by atoms with Gasteiger partial charge in [0.15, 0.2) is 0 Å². The Balaban J connectivity index is 1.76. The molecule has 3 rings (SSSR count). The van der Waals surface area contributed by atoms with Gasteiger partial charge < -0.3 is 4.74 Å². The average Bonchev–Trinajstić information content (AvgIpc) is 2.57. The number of benzene rings is 1. The number of carbonyl (C=O) groups excluding carboxylic acids is 3. The summed E-state index contributed by atoms with van der Waals surface area (Å²) in [7, 11) is 0. The molecule has 2 aliphatic carbocycles. The largest absolute Gasteiger partial charge is 0.446 e. The molecule has 23 heavy (non-hydrogen) atoms. The van der Waals surface area contributed by atoms with Gasteiger partial charge in [0.25, 0.3) is 0 Å². The molecule has 0 radical (unpaired) electrons. The normalized spacial score (nSPS) is 18.7. The predicted octanol–water partition coefficient (Wildman–Crippen LogP) is 3.57. The van der Waals surface area contributed by atoms with Gasteiger partial charge in [-0.3, -0.25) is 14.9 Å². The van der Waals surface area contributed by atoms with E-state index in [9.17, 15) is 14.4 Å². The van der Waals surface area contributed by atoms with E-state index in [1.807, 2.05) is 0 Å². The summed E-state index contributed by atoms with van der Waals surface area (Å²) in [6, 6.07) is 6.38. The van der Waals surface area contributed by atoms with Crippen LogP contribution >= 0.6 is 11.6 Å². The molecule has 120 valence electrons. The number of rotatable bonds is 2. The van der Waals surface area contributed by atoms with E-state index in [1.165, 1.54) is 12.1 Å². The van der Waals surface area contributed by atoms with Crippen molar-refractivity contribution < 1.29 is 19.1 Å². The van der Waals surface area contributed by atoms with Crippen molar-refractivity contribution in [3.8, 4) is 0 Å². The molecule has 2 aliphatic rings. The summed E-state index contributed by atoms with van der Waals surface area (Å²) in [5.41, 5.74) is 0.264. The number of fused-ring (bicyclic) bond motifs is 1. The molecule has 0 saturated heterocycles. The summed E-state index contributed by atoms with van der Waals surface area (Å²) >= 11 is 5.98. The standard InChI is InChI=1S/C17H16ClNO4/c18-13-14(19-17(22)23-10-6-2-1-3-7-10)16(21)12-9-5-4-8-11(12)15(13)20/h4-5,8-10H,1-3,6-7H2,(H,19,22). The van der Waals surface area contributed by atoms with Gasteiger partial charge in [0.05, 0.1) is 0 Å². The molecule has 0 aromatic heterocycles. The lowest BCUT2D eigenvalue weighted by atomic mass is 9.92. The molecule has 6 heteroatoms. The van der Waals surface area contributed by atoms with Crippen LogP contribution in [0.1, 0.15) is 52.8 Å². The number of ketones is 2. The number of Topliss-reactive ketones (excluding diaryl/α,β-unsaturated/α-hetero) is 2. The van der Waals surface area contributed by atoms with Crippen molar-refractivity contribution in [3.05, 3.63) is 46.1 Å². The van der Waals surface area contributed by atoms with Crippen LogP contribution < -0.4 is 5.32 Å². The highest BCUT2D eigenvalue weighted by Crippen LogP contribution is 2.27. The van der Waals surface area contributed by atoms with Gasteiger partial charge >= 0.3 is 6.09 Å². The second-order valence-corrected chi connectivity index (χ2v) is 6.06. The average molecular weight is 334 g/mol. The quantitative estimate of drug-likeness (QED) is 0.898. The number of alkyl carbamates (subject to hydrolysis) is 1. The van der Waals surface area contributed by atoms with Crippen molar-refractivity contribution in [2.75, 3.05) is 0 Å². The van der Waals surface area contributed by atoms with Crippen LogP contribution in [0.15, 0.2) is 35.0 Å². The second kappa shape index (κ2) is 6.54. The van der Waals surface area contributed by atoms with E-state index in [0.717, 1.165) is 32.1 Å². The molecule has 0 atom stereocenters. The summed E-state index contributed by atoms with van der Waals surface area (Å²) < 4.78 is 5.31. The Morgan fingerprint density at radius 3 is 2.30 bits per heavy atom. The van der Waals surface area contributed by atoms with Gasteiger partial charge in [0, 0.05) is 11.1 Å². The topological polar surface area (TPSA) is 72.5 Å². The molecule has 1 N–H and O–H groups in total. The Hall–Kier alpha value is -2.14. The molecule has 1 fully saturated rings. The molecule has 1 aromatic rings. The third kappa shape index (κ3) is 3.15. The van der Waals surface area contributed by atoms with E-state index >= 15 is 0 Å². The monoisotopic (exact) mass is 333 g/mol. The molecule has 0 aliphatic heterocycles. The first-order valence-electron chi connectivity index (χ1n) is 7.64. The molecule has 0 unspecified atom stereocenters. The van der Waals surface area contributed by atoms with Crippen LogP contribution in [-0.2, 0) is 4.74 Å². The van der Waals surface area contributed by atoms with Gasteiger partial charge in [0.1, 0.15) is 16.8 Å². The predicted molar refractivity (Wildman–Crippen MR) is 84.5 cm³/mol. The fourth-order valence-electron chi connectivity index (χ4n) is 2.92. The van der Waals surface area contributed by atoms with Crippen molar-refractivity contribution >= 4 is 29.3 Å². The maximum atomic E-state index is 12.4. The number of hydrogen-bond acceptors (Lipinski definition) is 4. The Morgan fingerprint density at radius 2 is 1.65 bits per heavy atom. The Labute approximate surface area is 138 Å². The molecule has 0 spiro atoms. The van der Waals surface area contributed by atoms with Gasteiger partial charge in [-0.15, -0.1) is 0 Å². The lowest BCUT2D eigenvalue weighted by Gasteiger charge is -2.23. The van der Waals surface area contributed by atoms with E-state index in [1.54, 1.807) is 12.1 Å². The number of nitrogens with one attached hydrogen (secondary N) is 1. The molecule has 1 amide bonds. The number of halogens is 1. The summed E-state index contributed by atoms with van der Waals surface area (Å²) in [6.45, 7) is 0. The number of hydrogen-bond donors (Lipinski definition) is 1. The zero-order valence-electron chi connectivity index (χ0n) is 12.4. The summed E-state index contributed by atoms with van der Waals surface area (Å²) in [4.78, 5) is 36.6. The number of carbonyl (C=O) groups is 3. The maximum absolute atomic E-state index is 12.4. The molecule has 0 bridgehead atoms. The second-order valence-electron chi connectivity index (χ2n) is 5.68. The Bertz CT molecular complexity index is 704. The van der Waals surface area contributed by atoms with Crippen LogP contribution in [0.25, 0.3) is 0 Å². The van der Waals surface area contributed by atoms with Gasteiger partial charge in [-0.2, -0.15) is 0 Å². The number of ether oxygens (including phenoxy) is 1. The smallest absolute Gasteiger partial charge is 0.412 e. The Kier molecular flexibility index (Phi) is 4.48. The number of amides is 1. The molecule has 0 heterocycles. The van der Waals surface area contributed by atoms with E-state index in [-0.39, 0.29) is 28.0 Å². The van der Waals surface area contributed by atoms with Crippen LogP contribution in [0, 0.1) is 0 Å². The van der Waals surface area contributed by atoms with Crippen molar-refractivity contribution in [2.24, 2.45) is 0 Å². The highest BCUT2D eigenvalue weighted by molar-refractivity contribution is 6.50. The van der Waals surface area contributed by atoms with E-state index in [2.05, 4.69) is 5.32 Å². The first kappa shape index (κ1) is 15.7. The van der Waals surface area contributed by atoms with Gasteiger partial charge in [0.2, 0.25) is 11.6 Å². The molecule has 5 nitrogen and oxygen atoms in total. The third-order valence-corrected chi connectivity index (χ3v) is 4.48. The van der Waals surface area contributed by atoms with Gasteiger partial charge in [-0.1, -0.05) is 42.3 Å². The van der Waals surface area contributed by atoms with Gasteiger partial charge in [-0.05, 0) is 25.7 Å². The van der Waals surface area contributed by atoms with Crippen LogP contribution in [0.5, 0.6) is 0 Å². The highest BCUT2D eigenvalue weighted by atomic mass is 35.5. The lowest BCUT2D eigenvalue weighted by Crippen LogP contribution is -2.35. The summed E-state index contributed by atoms with van der Waals surface area (Å²) in [6.07, 6.45) is 3.92. The zero-order valence-corrected chi connectivity index (χ0v) is 13.2. The van der Waals surface area contributed by atoms with Crippen molar-refractivity contribution in [1.82, 2.24) is 5.32 Å². The van der Waals surface area contributed by atoms with E-state index in [4.69, 9.17) is 16.3 Å². The zero-order chi connectivity index (χ0) is 16.4. The summed E-state index contributed by atoms with van der Waals surface area (Å²) in [5.74, 6) is -0.958. The highest BCUT2D eigenvalue weighted by Gasteiger charge is 2.32. The molecule has 1 saturated carbocycles. The van der Waals surface area contributed by atoms with Crippen LogP contribution in [0.3, 0.4) is 0 Å². The first-order valence-corrected chi connectivity index (χ1v) is 8.01. The van der Waals surface area contributed by atoms with Crippen molar-refractivity contribution in [1.29, 1.82) is 0 Å². The van der Waals surface area contributed by atoms with E-state index in [0.29, 0.717) is 0 Å². The van der Waals surface area contributed by atoms with Crippen LogP contribution in [-0.4, -0.2) is 23.8 Å². The number of allylic oxidation sites excluding steroid dienone is 2. The molecular weight excluding hydrogens is 318 g/mol. The van der Waals surface area contributed by atoms with E-state index < -0.39 is 17.7 Å². The minimum Gasteiger partial charge on any atom is -0.446 e. The van der Waals surface area contributed by atoms with Crippen LogP contribution in [0.2, 0.25) is 0 Å². The fraction of sp³-hybridized carbons (Fsp3) is 0.353. The van der Waals surface area contributed by atoms with Crippen LogP contribution in [0.4, 0.5) is 4.79 Å². The molecule has 1 aromatic carbocycles. The third-order valence-electron chi connectivity index (χ3n) is 4.12. The Morgan fingerprint density at radius 1 is 1.04 bits per heavy atom. The lowest BCUT2D eigenvalue weighted by molar-refractivity contribution is 0.0757.